The van der Waals surface area contributed by atoms with Gasteiger partial charge in [-0.3, -0.25) is 0 Å². The van der Waals surface area contributed by atoms with E-state index in [2.05, 4.69) is 0 Å². The van der Waals surface area contributed by atoms with E-state index in [0.29, 0.717) is 0 Å². The molecule has 1 rings (SSSR count). The molecule has 4 heteroatoms. The summed E-state index contributed by atoms with van der Waals surface area (Å²) >= 11 is 0. The minimum absolute atomic E-state index is 0. The van der Waals surface area contributed by atoms with E-state index >= 15 is 0 Å². The molecule has 1 aliphatic rings. The van der Waals surface area contributed by atoms with Crippen molar-refractivity contribution in [3.8, 4) is 0 Å². The van der Waals surface area contributed by atoms with E-state index in [0.717, 1.165) is 26.2 Å². The fourth-order valence-corrected chi connectivity index (χ4v) is 1.20. The molecule has 0 fully saturated rings. The van der Waals surface area contributed by atoms with Crippen LogP contribution >= 0.6 is 0 Å². The molecular weight excluding hydrogens is 258 g/mol. The lowest BCUT2D eigenvalue weighted by atomic mass is 10.5. The standard InChI is InChI=1S/C7H14FN2.HI/c1-3-9-5-6-10(4-2)7(9)8;/h3-6H2,1-2H3;1H/q+1;/p-1. The van der Waals surface area contributed by atoms with Gasteiger partial charge in [-0.15, -0.1) is 4.39 Å². The summed E-state index contributed by atoms with van der Waals surface area (Å²) in [6.45, 7) is 7.19. The van der Waals surface area contributed by atoms with E-state index in [1.54, 1.807) is 9.48 Å². The Morgan fingerprint density at radius 3 is 2.45 bits per heavy atom. The smallest absolute Gasteiger partial charge is 0.436 e. The summed E-state index contributed by atoms with van der Waals surface area (Å²) in [7, 11) is 0. The first kappa shape index (κ1) is 11.1. The predicted molar refractivity (Wildman–Crippen MR) is 39.0 cm³/mol. The molecule has 0 atom stereocenters. The van der Waals surface area contributed by atoms with Crippen molar-refractivity contribution >= 4 is 6.09 Å². The molecule has 1 heterocycles. The molecule has 0 bridgehead atoms. The van der Waals surface area contributed by atoms with Gasteiger partial charge in [-0.25, -0.2) is 9.48 Å². The van der Waals surface area contributed by atoms with Crippen molar-refractivity contribution in [3.63, 3.8) is 0 Å². The van der Waals surface area contributed by atoms with E-state index in [9.17, 15) is 4.39 Å². The Labute approximate surface area is 84.1 Å². The topological polar surface area (TPSA) is 6.25 Å². The molecule has 0 amide bonds. The third kappa shape index (κ3) is 2.28. The molecule has 0 saturated carbocycles. The van der Waals surface area contributed by atoms with Crippen molar-refractivity contribution in [2.75, 3.05) is 26.2 Å². The van der Waals surface area contributed by atoms with E-state index in [1.807, 2.05) is 13.8 Å². The van der Waals surface area contributed by atoms with Gasteiger partial charge >= 0.3 is 6.09 Å². The van der Waals surface area contributed by atoms with Crippen molar-refractivity contribution in [1.29, 1.82) is 0 Å². The lowest BCUT2D eigenvalue weighted by Crippen LogP contribution is -3.00. The van der Waals surface area contributed by atoms with Gasteiger partial charge in [-0.05, 0) is 13.8 Å². The van der Waals surface area contributed by atoms with Crippen molar-refractivity contribution < 1.29 is 32.9 Å². The lowest BCUT2D eigenvalue weighted by molar-refractivity contribution is -0.519. The van der Waals surface area contributed by atoms with Crippen molar-refractivity contribution in [2.24, 2.45) is 0 Å². The number of likely N-dealkylation sites (N-methyl/N-ethyl adjacent to an activating group) is 2. The molecule has 2 nitrogen and oxygen atoms in total. The van der Waals surface area contributed by atoms with E-state index in [1.165, 1.54) is 0 Å². The van der Waals surface area contributed by atoms with Crippen LogP contribution < -0.4 is 24.0 Å². The highest BCUT2D eigenvalue weighted by atomic mass is 127. The zero-order chi connectivity index (χ0) is 7.56. The number of rotatable bonds is 2. The number of halogens is 2. The second-order valence-corrected chi connectivity index (χ2v) is 2.43. The van der Waals surface area contributed by atoms with E-state index in [-0.39, 0.29) is 30.1 Å². The fourth-order valence-electron chi connectivity index (χ4n) is 1.20. The highest BCUT2D eigenvalue weighted by molar-refractivity contribution is 5.68. The molecule has 0 spiro atoms. The zero-order valence-electron chi connectivity index (χ0n) is 6.98. The van der Waals surface area contributed by atoms with Gasteiger partial charge in [0.15, 0.2) is 0 Å². The number of hydrogen-bond donors (Lipinski definition) is 0. The van der Waals surface area contributed by atoms with Gasteiger partial charge in [0, 0.05) is 0 Å². The summed E-state index contributed by atoms with van der Waals surface area (Å²) in [5, 5.41) is 0. The van der Waals surface area contributed by atoms with Crippen molar-refractivity contribution in [1.82, 2.24) is 4.90 Å². The van der Waals surface area contributed by atoms with Crippen LogP contribution in [0.15, 0.2) is 0 Å². The Morgan fingerprint density at radius 1 is 1.55 bits per heavy atom. The normalized spacial score (nSPS) is 17.2. The molecule has 0 aromatic carbocycles. The van der Waals surface area contributed by atoms with Crippen LogP contribution in [0, 0.1) is 0 Å². The van der Waals surface area contributed by atoms with Crippen LogP contribution in [0.4, 0.5) is 4.39 Å². The fraction of sp³-hybridized carbons (Fsp3) is 0.857. The lowest BCUT2D eigenvalue weighted by Gasteiger charge is -2.01. The Morgan fingerprint density at radius 2 is 2.18 bits per heavy atom. The molecule has 66 valence electrons. The van der Waals surface area contributed by atoms with Gasteiger partial charge in [0.25, 0.3) is 0 Å². The molecule has 1 aliphatic heterocycles. The van der Waals surface area contributed by atoms with Gasteiger partial charge < -0.3 is 24.0 Å². The Hall–Kier alpha value is 0.130. The molecule has 0 aromatic heterocycles. The average molecular weight is 272 g/mol. The monoisotopic (exact) mass is 272 g/mol. The molecule has 0 saturated heterocycles. The van der Waals surface area contributed by atoms with E-state index in [4.69, 9.17) is 0 Å². The summed E-state index contributed by atoms with van der Waals surface area (Å²) in [6.07, 6.45) is -0.0509. The Kier molecular flexibility index (Phi) is 4.96. The third-order valence-electron chi connectivity index (χ3n) is 1.93. The van der Waals surface area contributed by atoms with Gasteiger partial charge in [0.05, 0.1) is 13.1 Å². The maximum absolute atomic E-state index is 13.0. The van der Waals surface area contributed by atoms with Gasteiger partial charge in [-0.2, -0.15) is 0 Å². The Bertz CT molecular complexity index is 159. The first-order chi connectivity index (χ1) is 4.79. The molecule has 0 aromatic rings. The SMILES string of the molecule is CCN1CC[N+](CC)=C1F.[I-]. The van der Waals surface area contributed by atoms with Crippen LogP contribution in [0.3, 0.4) is 0 Å². The largest absolute Gasteiger partial charge is 1.00 e. The Balaban J connectivity index is 0.000001000. The number of nitrogens with zero attached hydrogens (tertiary/aromatic N) is 2. The second kappa shape index (κ2) is 4.90. The summed E-state index contributed by atoms with van der Waals surface area (Å²) in [4.78, 5) is 1.75. The minimum Gasteiger partial charge on any atom is -1.00 e. The molecule has 0 aliphatic carbocycles. The first-order valence-corrected chi connectivity index (χ1v) is 3.82. The summed E-state index contributed by atoms with van der Waals surface area (Å²) in [5.74, 6) is 0. The minimum atomic E-state index is -0.0509. The van der Waals surface area contributed by atoms with Crippen LogP contribution in [0.5, 0.6) is 0 Å². The zero-order valence-corrected chi connectivity index (χ0v) is 9.14. The molecule has 0 N–H and O–H groups in total. The summed E-state index contributed by atoms with van der Waals surface area (Å²) in [6, 6.07) is 0. The van der Waals surface area contributed by atoms with Crippen LogP contribution in [0.1, 0.15) is 13.8 Å². The van der Waals surface area contributed by atoms with Crippen LogP contribution in [0.2, 0.25) is 0 Å². The van der Waals surface area contributed by atoms with Crippen molar-refractivity contribution in [3.05, 3.63) is 0 Å². The predicted octanol–water partition coefficient (Wildman–Crippen LogP) is -2.32. The summed E-state index contributed by atoms with van der Waals surface area (Å²) < 4.78 is 14.8. The van der Waals surface area contributed by atoms with Crippen LogP contribution in [-0.2, 0) is 0 Å². The van der Waals surface area contributed by atoms with Crippen molar-refractivity contribution in [2.45, 2.75) is 13.8 Å². The maximum atomic E-state index is 13.0. The second-order valence-electron chi connectivity index (χ2n) is 2.43. The van der Waals surface area contributed by atoms with Crippen LogP contribution in [0.25, 0.3) is 0 Å². The summed E-state index contributed by atoms with van der Waals surface area (Å²) in [5.41, 5.74) is 0. The van der Waals surface area contributed by atoms with E-state index < -0.39 is 0 Å². The highest BCUT2D eigenvalue weighted by Crippen LogP contribution is 2.01. The van der Waals surface area contributed by atoms with Gasteiger partial charge in [-0.1, -0.05) is 0 Å². The van der Waals surface area contributed by atoms with Crippen LogP contribution in [-0.4, -0.2) is 41.7 Å². The van der Waals surface area contributed by atoms with Gasteiger partial charge in [0.2, 0.25) is 0 Å². The molecule has 0 unspecified atom stereocenters. The molecule has 11 heavy (non-hydrogen) atoms. The highest BCUT2D eigenvalue weighted by Gasteiger charge is 2.27. The maximum Gasteiger partial charge on any atom is 0.436 e. The quantitative estimate of drug-likeness (QED) is 0.311. The first-order valence-electron chi connectivity index (χ1n) is 3.82. The molecular formula is C7H14FIN2. The average Bonchev–Trinajstić information content (AvgIpc) is 2.30. The number of hydrogen-bond acceptors (Lipinski definition) is 1. The molecule has 0 radical (unpaired) electrons. The number of amidine groups is 1. The third-order valence-corrected chi connectivity index (χ3v) is 1.93. The van der Waals surface area contributed by atoms with Gasteiger partial charge in [0.1, 0.15) is 13.1 Å².